The minimum Gasteiger partial charge on any atom is -0.306 e. The van der Waals surface area contributed by atoms with Crippen LogP contribution in [-0.2, 0) is 7.05 Å². The first-order chi connectivity index (χ1) is 6.74. The average molecular weight is 211 g/mol. The van der Waals surface area contributed by atoms with Gasteiger partial charge in [-0.15, -0.1) is 5.10 Å². The first-order valence-corrected chi connectivity index (χ1v) is 4.24. The van der Waals surface area contributed by atoms with Gasteiger partial charge in [-0.2, -0.15) is 4.80 Å². The van der Waals surface area contributed by atoms with E-state index in [0.717, 1.165) is 0 Å². The molecule has 6 nitrogen and oxygen atoms in total. The number of nitrogens with zero attached hydrogens (tertiary/aromatic N) is 5. The number of nitrogens with one attached hydrogen (secondary N) is 1. The summed E-state index contributed by atoms with van der Waals surface area (Å²) in [7, 11) is 1.68. The summed E-state index contributed by atoms with van der Waals surface area (Å²) >= 11 is 5.77. The van der Waals surface area contributed by atoms with Gasteiger partial charge in [0.2, 0.25) is 0 Å². The Morgan fingerprint density at radius 3 is 3.00 bits per heavy atom. The largest absolute Gasteiger partial charge is 0.306 e. The molecule has 2 aromatic heterocycles. The SMILES string of the molecule is Cn1nnc(Nc2cc(Cl)ccn2)n1. The number of tetrazole rings is 1. The lowest BCUT2D eigenvalue weighted by Crippen LogP contribution is -1.96. The van der Waals surface area contributed by atoms with Gasteiger partial charge >= 0.3 is 0 Å². The zero-order valence-corrected chi connectivity index (χ0v) is 8.10. The summed E-state index contributed by atoms with van der Waals surface area (Å²) in [4.78, 5) is 5.39. The van der Waals surface area contributed by atoms with Gasteiger partial charge in [0.05, 0.1) is 7.05 Å². The van der Waals surface area contributed by atoms with Crippen molar-refractivity contribution in [3.05, 3.63) is 23.4 Å². The summed E-state index contributed by atoms with van der Waals surface area (Å²) in [5, 5.41) is 14.8. The van der Waals surface area contributed by atoms with Crippen LogP contribution in [0.4, 0.5) is 11.8 Å². The summed E-state index contributed by atoms with van der Waals surface area (Å²) in [5.74, 6) is 0.979. The maximum atomic E-state index is 5.77. The molecule has 0 fully saturated rings. The van der Waals surface area contributed by atoms with Crippen LogP contribution in [-0.4, -0.2) is 25.2 Å². The number of anilines is 2. The molecule has 0 bridgehead atoms. The summed E-state index contributed by atoms with van der Waals surface area (Å²) in [6, 6.07) is 3.37. The van der Waals surface area contributed by atoms with Gasteiger partial charge in [0, 0.05) is 11.2 Å². The van der Waals surface area contributed by atoms with Gasteiger partial charge in [-0.1, -0.05) is 16.7 Å². The van der Waals surface area contributed by atoms with Crippen molar-refractivity contribution >= 4 is 23.4 Å². The lowest BCUT2D eigenvalue weighted by atomic mass is 10.4. The van der Waals surface area contributed by atoms with Crippen molar-refractivity contribution in [3.8, 4) is 0 Å². The molecular formula is C7H7ClN6. The van der Waals surface area contributed by atoms with Crippen LogP contribution in [0.25, 0.3) is 0 Å². The van der Waals surface area contributed by atoms with Crippen LogP contribution in [0.2, 0.25) is 5.02 Å². The van der Waals surface area contributed by atoms with Crippen LogP contribution >= 0.6 is 11.6 Å². The number of rotatable bonds is 2. The second-order valence-corrected chi connectivity index (χ2v) is 3.02. The minimum absolute atomic E-state index is 0.391. The van der Waals surface area contributed by atoms with Crippen molar-refractivity contribution in [1.29, 1.82) is 0 Å². The van der Waals surface area contributed by atoms with Gasteiger partial charge in [-0.05, 0) is 17.3 Å². The summed E-state index contributed by atoms with van der Waals surface area (Å²) in [6.45, 7) is 0. The first-order valence-electron chi connectivity index (χ1n) is 3.86. The third-order valence-corrected chi connectivity index (χ3v) is 1.71. The fraction of sp³-hybridized carbons (Fsp3) is 0.143. The number of pyridine rings is 1. The first kappa shape index (κ1) is 8.89. The molecule has 0 spiro atoms. The number of halogens is 1. The molecule has 7 heteroatoms. The van der Waals surface area contributed by atoms with E-state index >= 15 is 0 Å². The molecular weight excluding hydrogens is 204 g/mol. The predicted octanol–water partition coefficient (Wildman–Crippen LogP) is 1.00. The summed E-state index contributed by atoms with van der Waals surface area (Å²) in [5.41, 5.74) is 0. The molecule has 0 unspecified atom stereocenters. The number of hydrogen-bond donors (Lipinski definition) is 1. The van der Waals surface area contributed by atoms with Gasteiger partial charge in [0.25, 0.3) is 5.95 Å². The van der Waals surface area contributed by atoms with Gasteiger partial charge in [-0.25, -0.2) is 4.98 Å². The van der Waals surface area contributed by atoms with Crippen molar-refractivity contribution in [2.75, 3.05) is 5.32 Å². The summed E-state index contributed by atoms with van der Waals surface area (Å²) < 4.78 is 0. The molecule has 0 aliphatic rings. The van der Waals surface area contributed by atoms with E-state index in [1.54, 1.807) is 25.4 Å². The van der Waals surface area contributed by atoms with E-state index < -0.39 is 0 Å². The smallest absolute Gasteiger partial charge is 0.268 e. The molecule has 0 saturated heterocycles. The topological polar surface area (TPSA) is 68.5 Å². The Balaban J connectivity index is 2.18. The Kier molecular flexibility index (Phi) is 2.28. The molecule has 0 aromatic carbocycles. The number of aromatic nitrogens is 5. The van der Waals surface area contributed by atoms with Crippen molar-refractivity contribution in [2.24, 2.45) is 7.05 Å². The number of aryl methyl sites for hydroxylation is 1. The Labute approximate surface area is 84.9 Å². The van der Waals surface area contributed by atoms with E-state index in [1.165, 1.54) is 4.80 Å². The maximum Gasteiger partial charge on any atom is 0.268 e. The highest BCUT2D eigenvalue weighted by Crippen LogP contribution is 2.13. The van der Waals surface area contributed by atoms with Gasteiger partial charge in [0.15, 0.2) is 0 Å². The van der Waals surface area contributed by atoms with Crippen LogP contribution < -0.4 is 5.32 Å². The van der Waals surface area contributed by atoms with Crippen LogP contribution in [0.3, 0.4) is 0 Å². The molecule has 2 rings (SSSR count). The Morgan fingerprint density at radius 2 is 2.36 bits per heavy atom. The molecule has 2 aromatic rings. The minimum atomic E-state index is 0.391. The second kappa shape index (κ2) is 3.59. The zero-order chi connectivity index (χ0) is 9.97. The fourth-order valence-corrected chi connectivity index (χ4v) is 1.08. The molecule has 0 aliphatic heterocycles. The van der Waals surface area contributed by atoms with Gasteiger partial charge in [-0.3, -0.25) is 0 Å². The van der Waals surface area contributed by atoms with E-state index in [-0.39, 0.29) is 0 Å². The Morgan fingerprint density at radius 1 is 1.50 bits per heavy atom. The molecule has 72 valence electrons. The molecule has 0 saturated carbocycles. The third-order valence-electron chi connectivity index (χ3n) is 1.47. The van der Waals surface area contributed by atoms with Crippen molar-refractivity contribution in [1.82, 2.24) is 25.2 Å². The third kappa shape index (κ3) is 1.97. The molecule has 0 radical (unpaired) electrons. The van der Waals surface area contributed by atoms with E-state index in [0.29, 0.717) is 16.8 Å². The predicted molar refractivity (Wildman–Crippen MR) is 51.3 cm³/mol. The Hall–Kier alpha value is -1.69. The van der Waals surface area contributed by atoms with E-state index in [2.05, 4.69) is 25.7 Å². The van der Waals surface area contributed by atoms with E-state index in [1.807, 2.05) is 0 Å². The molecule has 0 amide bonds. The normalized spacial score (nSPS) is 10.1. The van der Waals surface area contributed by atoms with E-state index in [9.17, 15) is 0 Å². The van der Waals surface area contributed by atoms with Crippen molar-refractivity contribution in [3.63, 3.8) is 0 Å². The molecule has 0 aliphatic carbocycles. The van der Waals surface area contributed by atoms with Gasteiger partial charge in [0.1, 0.15) is 5.82 Å². The lowest BCUT2D eigenvalue weighted by molar-refractivity contribution is 0.630. The summed E-state index contributed by atoms with van der Waals surface area (Å²) in [6.07, 6.45) is 1.60. The monoisotopic (exact) mass is 210 g/mol. The highest BCUT2D eigenvalue weighted by Gasteiger charge is 2.01. The number of hydrogen-bond acceptors (Lipinski definition) is 5. The average Bonchev–Trinajstić information content (AvgIpc) is 2.51. The molecule has 14 heavy (non-hydrogen) atoms. The van der Waals surface area contributed by atoms with E-state index in [4.69, 9.17) is 11.6 Å². The lowest BCUT2D eigenvalue weighted by Gasteiger charge is -1.98. The molecule has 2 heterocycles. The molecule has 1 N–H and O–H groups in total. The second-order valence-electron chi connectivity index (χ2n) is 2.59. The standard InChI is InChI=1S/C7H7ClN6/c1-14-12-7(11-13-14)10-6-4-5(8)2-3-9-6/h2-4H,1H3,(H,9,10,12). The zero-order valence-electron chi connectivity index (χ0n) is 7.35. The quantitative estimate of drug-likeness (QED) is 0.801. The fourth-order valence-electron chi connectivity index (χ4n) is 0.922. The Bertz CT molecular complexity index is 439. The highest BCUT2D eigenvalue weighted by atomic mass is 35.5. The van der Waals surface area contributed by atoms with Crippen LogP contribution in [0.15, 0.2) is 18.3 Å². The van der Waals surface area contributed by atoms with Crippen molar-refractivity contribution in [2.45, 2.75) is 0 Å². The molecule has 0 atom stereocenters. The van der Waals surface area contributed by atoms with Crippen LogP contribution in [0, 0.1) is 0 Å². The van der Waals surface area contributed by atoms with Crippen LogP contribution in [0.5, 0.6) is 0 Å². The van der Waals surface area contributed by atoms with Crippen molar-refractivity contribution < 1.29 is 0 Å². The maximum absolute atomic E-state index is 5.77. The van der Waals surface area contributed by atoms with Crippen LogP contribution in [0.1, 0.15) is 0 Å². The van der Waals surface area contributed by atoms with Gasteiger partial charge < -0.3 is 5.32 Å². The highest BCUT2D eigenvalue weighted by molar-refractivity contribution is 6.30.